The summed E-state index contributed by atoms with van der Waals surface area (Å²) in [4.78, 5) is 68.2. The number of nitrogens with one attached hydrogen (secondary N) is 4. The maximum Gasteiger partial charge on any atom is 0.319 e. The number of hydrogen-bond donors (Lipinski definition) is 4. The second kappa shape index (κ2) is 63.0. The number of unbranched alkanes of at least 4 members (excludes halogenated alkanes) is 6. The van der Waals surface area contributed by atoms with E-state index in [0.29, 0.717) is 241 Å². The molecular formula is C63H113N8O23-3. The molecule has 0 spiro atoms. The largest absolute Gasteiger partial charge is 0.549 e. The molecular weight excluding hydrogens is 1240 g/mol. The summed E-state index contributed by atoms with van der Waals surface area (Å²) in [5.74, 6) is -3.44. The molecule has 1 aromatic carbocycles. The highest BCUT2D eigenvalue weighted by atomic mass is 16.6. The average Bonchev–Trinajstić information content (AvgIpc) is 1.38. The maximum absolute atomic E-state index is 13.2. The molecule has 31 heteroatoms. The predicted molar refractivity (Wildman–Crippen MR) is 342 cm³/mol. The summed E-state index contributed by atoms with van der Waals surface area (Å²) in [7, 11) is 3.26. The smallest absolute Gasteiger partial charge is 0.319 e. The van der Waals surface area contributed by atoms with E-state index in [-0.39, 0.29) is 52.4 Å². The van der Waals surface area contributed by atoms with Crippen molar-refractivity contribution in [2.24, 2.45) is 0 Å². The molecule has 31 nitrogen and oxygen atoms in total. The van der Waals surface area contributed by atoms with Crippen LogP contribution in [-0.4, -0.2) is 334 Å². The van der Waals surface area contributed by atoms with Crippen molar-refractivity contribution in [3.05, 3.63) is 18.2 Å². The number of benzene rings is 1. The number of rotatable bonds is 63. The lowest BCUT2D eigenvalue weighted by molar-refractivity contribution is -0.308. The number of carboxylic acids is 3. The van der Waals surface area contributed by atoms with Crippen LogP contribution in [0.2, 0.25) is 0 Å². The Hall–Kier alpha value is -4.75. The van der Waals surface area contributed by atoms with Crippen LogP contribution in [0.15, 0.2) is 18.2 Å². The Morgan fingerprint density at radius 2 is 0.596 bits per heavy atom. The van der Waals surface area contributed by atoms with Gasteiger partial charge >= 0.3 is 12.1 Å². The minimum atomic E-state index is -1.29. The van der Waals surface area contributed by atoms with Crippen molar-refractivity contribution >= 4 is 41.3 Å². The van der Waals surface area contributed by atoms with E-state index in [1.807, 2.05) is 0 Å². The number of nitrogens with zero attached hydrogens (tertiary/aromatic N) is 4. The SMILES string of the molecule is COCCOCCOCCOCCOCCOCCOCCCCCCNC(=O)Nc1cc(NC(=O)NCCCCCCOCCOCCOCCOCCOCCOCCOC)cc(OCCCN2CCN(CC(=O)[O-])CCN(CC(=O)[O-])CCN(CC(=O)[O-])CC2)c1. The third-order valence-electron chi connectivity index (χ3n) is 13.9. The van der Waals surface area contributed by atoms with Crippen LogP contribution < -0.4 is 41.3 Å². The Labute approximate surface area is 556 Å². The summed E-state index contributed by atoms with van der Waals surface area (Å²) in [6.45, 7) is 16.0. The molecule has 2 rings (SSSR count). The van der Waals surface area contributed by atoms with Crippen molar-refractivity contribution in [1.82, 2.24) is 30.2 Å². The molecule has 0 bridgehead atoms. The van der Waals surface area contributed by atoms with Crippen molar-refractivity contribution in [1.29, 1.82) is 0 Å². The molecule has 0 aliphatic carbocycles. The van der Waals surface area contributed by atoms with E-state index in [2.05, 4.69) is 26.2 Å². The van der Waals surface area contributed by atoms with Gasteiger partial charge < -0.3 is 127 Å². The first-order valence-corrected chi connectivity index (χ1v) is 33.2. The van der Waals surface area contributed by atoms with Gasteiger partial charge in [0.2, 0.25) is 0 Å². The van der Waals surface area contributed by atoms with Crippen LogP contribution >= 0.6 is 0 Å². The van der Waals surface area contributed by atoms with E-state index >= 15 is 0 Å². The molecule has 0 saturated carbocycles. The van der Waals surface area contributed by atoms with Gasteiger partial charge in [-0.2, -0.15) is 0 Å². The highest BCUT2D eigenvalue weighted by Crippen LogP contribution is 2.25. The molecule has 0 atom stereocenters. The first kappa shape index (κ1) is 85.3. The van der Waals surface area contributed by atoms with E-state index in [4.69, 9.17) is 71.1 Å². The van der Waals surface area contributed by atoms with Gasteiger partial charge in [-0.05, 0) is 38.2 Å². The van der Waals surface area contributed by atoms with Crippen molar-refractivity contribution in [3.63, 3.8) is 0 Å². The Morgan fingerprint density at radius 3 is 0.883 bits per heavy atom. The van der Waals surface area contributed by atoms with Crippen LogP contribution in [0.4, 0.5) is 21.0 Å². The highest BCUT2D eigenvalue weighted by molar-refractivity contribution is 5.93. The van der Waals surface area contributed by atoms with Crippen LogP contribution in [0, 0.1) is 0 Å². The van der Waals surface area contributed by atoms with Crippen LogP contribution in [0.5, 0.6) is 5.75 Å². The minimum absolute atomic E-state index is 0.219. The fourth-order valence-electron chi connectivity index (χ4n) is 8.94. The van der Waals surface area contributed by atoms with Crippen LogP contribution in [0.3, 0.4) is 0 Å². The van der Waals surface area contributed by atoms with E-state index in [1.165, 1.54) is 0 Å². The number of carboxylic acid groups (broad SMARTS) is 3. The second-order valence-electron chi connectivity index (χ2n) is 21.7. The van der Waals surface area contributed by atoms with Gasteiger partial charge in [-0.25, -0.2) is 9.59 Å². The van der Waals surface area contributed by atoms with Gasteiger partial charge in [0, 0.05) is 143 Å². The Kier molecular flexibility index (Phi) is 57.2. The Bertz CT molecular complexity index is 1880. The number of hydrogen-bond acceptors (Lipinski definition) is 27. The predicted octanol–water partition coefficient (Wildman–Crippen LogP) is -1.22. The molecule has 1 aliphatic heterocycles. The molecule has 546 valence electrons. The molecule has 1 fully saturated rings. The van der Waals surface area contributed by atoms with Crippen molar-refractivity contribution in [3.8, 4) is 5.75 Å². The zero-order valence-corrected chi connectivity index (χ0v) is 56.3. The van der Waals surface area contributed by atoms with Gasteiger partial charge in [-0.3, -0.25) is 14.7 Å². The monoisotopic (exact) mass is 1350 g/mol. The van der Waals surface area contributed by atoms with E-state index in [0.717, 1.165) is 51.4 Å². The van der Waals surface area contributed by atoms with Crippen LogP contribution in [-0.2, 0) is 80.7 Å². The van der Waals surface area contributed by atoms with Crippen LogP contribution in [0.25, 0.3) is 0 Å². The van der Waals surface area contributed by atoms with Gasteiger partial charge in [0.15, 0.2) is 0 Å². The number of carbonyl (C=O) groups excluding carboxylic acids is 5. The zero-order chi connectivity index (χ0) is 67.8. The van der Waals surface area contributed by atoms with Crippen molar-refractivity contribution in [2.45, 2.75) is 57.8 Å². The number of methoxy groups -OCH3 is 2. The summed E-state index contributed by atoms with van der Waals surface area (Å²) < 4.78 is 82.2. The number of aliphatic carboxylic acids is 3. The normalized spacial score (nSPS) is 13.9. The van der Waals surface area contributed by atoms with Crippen molar-refractivity contribution in [2.75, 3.05) is 295 Å². The summed E-state index contributed by atoms with van der Waals surface area (Å²) in [5, 5.41) is 46.3. The third kappa shape index (κ3) is 55.4. The standard InChI is InChI=1S/C63H116N8O23/c1-80-26-28-84-34-36-88-42-44-92-48-46-90-40-38-86-32-30-82-23-9-5-3-7-12-64-62(78)66-56-50-57(67-63(79)65-13-8-4-6-10-24-83-31-33-87-39-41-91-47-49-93-45-43-89-37-35-85-29-27-81-2)52-58(51-56)94-25-11-14-68-15-17-69(53-59(72)73)19-21-71(55-61(76)77)22-20-70(18-16-68)54-60(74)75/h50-52H,3-49,53-55H2,1-2H3,(H,72,73)(H,74,75)(H,76,77)(H2,64,66,78)(H2,65,67,79)/p-3. The first-order chi connectivity index (χ1) is 46.0. The molecule has 4 amide bonds. The lowest BCUT2D eigenvalue weighted by Crippen LogP contribution is -2.51. The quantitative estimate of drug-likeness (QED) is 0.0556. The van der Waals surface area contributed by atoms with Gasteiger partial charge in [0.25, 0.3) is 0 Å². The fourth-order valence-corrected chi connectivity index (χ4v) is 8.94. The van der Waals surface area contributed by atoms with E-state index in [9.17, 15) is 39.3 Å². The number of ether oxygens (including phenoxy) is 15. The van der Waals surface area contributed by atoms with Crippen molar-refractivity contribution < 1.29 is 110 Å². The highest BCUT2D eigenvalue weighted by Gasteiger charge is 2.18. The number of urea groups is 2. The fraction of sp³-hybridized carbons (Fsp3) is 0.825. The third-order valence-corrected chi connectivity index (χ3v) is 13.9. The van der Waals surface area contributed by atoms with E-state index < -0.39 is 30.0 Å². The average molecular weight is 1350 g/mol. The zero-order valence-electron chi connectivity index (χ0n) is 56.3. The van der Waals surface area contributed by atoms with Gasteiger partial charge in [-0.1, -0.05) is 25.7 Å². The molecule has 94 heavy (non-hydrogen) atoms. The topological polar surface area (TPSA) is 354 Å². The molecule has 1 aromatic rings. The Morgan fingerprint density at radius 1 is 0.330 bits per heavy atom. The van der Waals surface area contributed by atoms with Crippen LogP contribution in [0.1, 0.15) is 57.8 Å². The molecule has 0 aromatic heterocycles. The lowest BCUT2D eigenvalue weighted by Gasteiger charge is -2.34. The van der Waals surface area contributed by atoms with Gasteiger partial charge in [0.1, 0.15) is 5.75 Å². The van der Waals surface area contributed by atoms with Gasteiger partial charge in [0.05, 0.1) is 183 Å². The molecule has 0 unspecified atom stereocenters. The summed E-state index contributed by atoms with van der Waals surface area (Å²) in [5.41, 5.74) is 0.769. The minimum Gasteiger partial charge on any atom is -0.549 e. The van der Waals surface area contributed by atoms with E-state index in [1.54, 1.807) is 47.1 Å². The molecule has 1 aliphatic rings. The first-order valence-electron chi connectivity index (χ1n) is 33.2. The number of amides is 4. The molecule has 1 saturated heterocycles. The summed E-state index contributed by atoms with van der Waals surface area (Å²) in [6, 6.07) is 4.10. The summed E-state index contributed by atoms with van der Waals surface area (Å²) in [6.07, 6.45) is 7.37. The number of anilines is 2. The second-order valence-corrected chi connectivity index (χ2v) is 21.7. The molecule has 0 radical (unpaired) electrons. The maximum atomic E-state index is 13.2. The summed E-state index contributed by atoms with van der Waals surface area (Å²) >= 11 is 0. The number of carbonyl (C=O) groups is 5. The van der Waals surface area contributed by atoms with Gasteiger partial charge in [-0.15, -0.1) is 0 Å². The molecule has 1 heterocycles. The lowest BCUT2D eigenvalue weighted by atomic mass is 10.2. The Balaban J connectivity index is 1.77. The molecule has 4 N–H and O–H groups in total.